The van der Waals surface area contributed by atoms with Crippen LogP contribution in [0.3, 0.4) is 0 Å². The highest BCUT2D eigenvalue weighted by atomic mass is 32.2. The van der Waals surface area contributed by atoms with Gasteiger partial charge in [0.1, 0.15) is 4.90 Å². The predicted octanol–water partition coefficient (Wildman–Crippen LogP) is 6.78. The minimum absolute atomic E-state index is 0.0393. The number of nitrogens with two attached hydrogens (primary N) is 1. The Hall–Kier alpha value is -2.67. The summed E-state index contributed by atoms with van der Waals surface area (Å²) in [6.45, 7) is 6.88. The minimum atomic E-state index is -5.38. The SMILES string of the molecule is CCCCCCCCCCCCCCCCS(=O)(=O)NC(NS(=O)(=O)CCCCCCCC)(NS(=O)(=O)c1ccccc1)c1cc(NS(C)(=O)=O)c(S(N)(=O)=O)c(NS(=O)(=O)CC)c1NS(=O)(=O)CCCC. The van der Waals surface area contributed by atoms with E-state index in [-0.39, 0.29) is 25.7 Å². The third-order valence-corrected chi connectivity index (χ3v) is 20.0. The van der Waals surface area contributed by atoms with Crippen molar-refractivity contribution in [2.75, 3.05) is 43.4 Å². The molecule has 0 amide bonds. The van der Waals surface area contributed by atoms with Crippen LogP contribution in [-0.2, 0) is 75.9 Å². The average molecular weight is 1160 g/mol. The molecule has 2 rings (SSSR count). The average Bonchev–Trinajstić information content (AvgIpc) is 3.26. The van der Waals surface area contributed by atoms with Crippen molar-refractivity contribution >= 4 is 87.2 Å². The largest absolute Gasteiger partial charge is 0.282 e. The molecule has 2 aromatic carbocycles. The minimum Gasteiger partial charge on any atom is -0.282 e. The Morgan fingerprint density at radius 3 is 1.22 bits per heavy atom. The molecular weight excluding hydrogens is 1070 g/mol. The number of benzene rings is 2. The summed E-state index contributed by atoms with van der Waals surface area (Å²) in [6.07, 6.45) is 17.2. The van der Waals surface area contributed by atoms with E-state index in [0.717, 1.165) is 70.4 Å². The van der Waals surface area contributed by atoms with Crippen molar-refractivity contribution in [1.29, 1.82) is 0 Å². The summed E-state index contributed by atoms with van der Waals surface area (Å²) in [5.41, 5.74) is -4.88. The zero-order chi connectivity index (χ0) is 54.3. The van der Waals surface area contributed by atoms with Gasteiger partial charge in [0.05, 0.1) is 51.2 Å². The lowest BCUT2D eigenvalue weighted by molar-refractivity contribution is 0.337. The van der Waals surface area contributed by atoms with Gasteiger partial charge in [-0.15, -0.1) is 0 Å². The van der Waals surface area contributed by atoms with Crippen LogP contribution in [0.1, 0.15) is 175 Å². The van der Waals surface area contributed by atoms with Gasteiger partial charge in [-0.05, 0) is 44.4 Å². The highest BCUT2D eigenvalue weighted by molar-refractivity contribution is 7.94. The molecule has 0 aliphatic rings. The van der Waals surface area contributed by atoms with Gasteiger partial charge in [0.15, 0.2) is 5.79 Å². The first kappa shape index (κ1) is 65.4. The molecule has 1 unspecified atom stereocenters. The van der Waals surface area contributed by atoms with Gasteiger partial charge in [-0.3, -0.25) is 14.2 Å². The summed E-state index contributed by atoms with van der Waals surface area (Å²) in [7, 11) is -34.8. The van der Waals surface area contributed by atoms with Crippen LogP contribution in [0.5, 0.6) is 0 Å². The van der Waals surface area contributed by atoms with E-state index in [2.05, 4.69) is 25.8 Å². The topological polar surface area (TPSA) is 337 Å². The van der Waals surface area contributed by atoms with E-state index in [1.54, 1.807) is 6.92 Å². The number of hydrogen-bond donors (Lipinski definition) is 7. The van der Waals surface area contributed by atoms with E-state index in [1.165, 1.54) is 56.7 Å². The Bertz CT molecular complexity index is 2800. The molecule has 8 N–H and O–H groups in total. The molecule has 0 aliphatic heterocycles. The normalized spacial score (nSPS) is 14.0. The van der Waals surface area contributed by atoms with E-state index in [4.69, 9.17) is 5.14 Å². The molecule has 0 saturated heterocycles. The van der Waals surface area contributed by atoms with Gasteiger partial charge < -0.3 is 0 Å². The number of rotatable bonds is 41. The Morgan fingerprint density at radius 2 is 0.833 bits per heavy atom. The van der Waals surface area contributed by atoms with Crippen LogP contribution in [0, 0.1) is 0 Å². The zero-order valence-corrected chi connectivity index (χ0v) is 48.2. The van der Waals surface area contributed by atoms with Gasteiger partial charge in [-0.2, -0.15) is 14.2 Å². The van der Waals surface area contributed by atoms with Crippen LogP contribution in [0.4, 0.5) is 17.1 Å². The van der Waals surface area contributed by atoms with Crippen LogP contribution < -0.4 is 33.5 Å². The molecule has 0 aliphatic carbocycles. The standard InChI is InChI=1S/C44H81N7O14S7/c1-6-10-13-15-17-18-19-20-21-22-23-24-26-31-36-70(60,61)50-44(51-72(64,65)38-32-28-27-29-33-38,49-69(58,59)35-30-25-16-14-11-7-2)39-37-40(46-66(5,52)53)43(71(45,62)63)42(48-67(54,55)9-4)41(39)47-68(56,57)34-12-8-3/h27-29,32-33,37,46-51H,6-26,30-31,34-36H2,1-5H3,(H2,45,62,63). The van der Waals surface area contributed by atoms with Crippen LogP contribution >= 0.6 is 0 Å². The smallest absolute Gasteiger partial charge is 0.243 e. The van der Waals surface area contributed by atoms with Gasteiger partial charge in [0, 0.05) is 5.56 Å². The first-order valence-electron chi connectivity index (χ1n) is 24.8. The van der Waals surface area contributed by atoms with E-state index < -0.39 is 131 Å². The van der Waals surface area contributed by atoms with Crippen LogP contribution in [0.15, 0.2) is 46.2 Å². The van der Waals surface area contributed by atoms with E-state index >= 15 is 0 Å². The van der Waals surface area contributed by atoms with Gasteiger partial charge in [0.25, 0.3) is 0 Å². The Labute approximate surface area is 432 Å². The quantitative estimate of drug-likeness (QED) is 0.0267. The molecule has 418 valence electrons. The van der Waals surface area contributed by atoms with E-state index in [0.29, 0.717) is 38.0 Å². The second kappa shape index (κ2) is 30.2. The monoisotopic (exact) mass is 1160 g/mol. The second-order valence-corrected chi connectivity index (χ2v) is 30.6. The van der Waals surface area contributed by atoms with E-state index in [1.807, 2.05) is 16.4 Å². The summed E-state index contributed by atoms with van der Waals surface area (Å²) < 4.78 is 208. The molecule has 0 heterocycles. The number of unbranched alkanes of at least 4 members (excludes halogenated alkanes) is 19. The highest BCUT2D eigenvalue weighted by Gasteiger charge is 2.48. The second-order valence-electron chi connectivity index (χ2n) is 18.1. The lowest BCUT2D eigenvalue weighted by Crippen LogP contribution is -2.68. The van der Waals surface area contributed by atoms with Crippen LogP contribution in [0.25, 0.3) is 0 Å². The molecule has 28 heteroatoms. The summed E-state index contributed by atoms with van der Waals surface area (Å²) in [6, 6.07) is 6.61. The van der Waals surface area contributed by atoms with Crippen molar-refractivity contribution in [2.24, 2.45) is 5.14 Å². The molecular formula is C44H81N7O14S7. The molecule has 72 heavy (non-hydrogen) atoms. The molecule has 21 nitrogen and oxygen atoms in total. The third kappa shape index (κ3) is 24.3. The van der Waals surface area contributed by atoms with Crippen LogP contribution in [0.2, 0.25) is 0 Å². The summed E-state index contributed by atoms with van der Waals surface area (Å²) in [5.74, 6) is -6.68. The number of nitrogens with one attached hydrogen (secondary N) is 6. The molecule has 1 atom stereocenters. The van der Waals surface area contributed by atoms with Gasteiger partial charge in [-0.1, -0.05) is 161 Å². The first-order valence-corrected chi connectivity index (χ1v) is 36.4. The molecule has 2 aromatic rings. The van der Waals surface area contributed by atoms with Gasteiger partial charge in [-0.25, -0.2) is 64.1 Å². The maximum Gasteiger partial charge on any atom is 0.243 e. The maximum absolute atomic E-state index is 14.6. The third-order valence-electron chi connectivity index (χ3n) is 11.4. The van der Waals surface area contributed by atoms with Crippen molar-refractivity contribution in [2.45, 2.75) is 185 Å². The summed E-state index contributed by atoms with van der Waals surface area (Å²) in [5, 5.41) is 5.62. The Balaban J connectivity index is 3.07. The first-order chi connectivity index (χ1) is 33.5. The molecule has 0 radical (unpaired) electrons. The lowest BCUT2D eigenvalue weighted by atomic mass is 10.0. The van der Waals surface area contributed by atoms with Crippen molar-refractivity contribution in [3.05, 3.63) is 42.0 Å². The van der Waals surface area contributed by atoms with E-state index in [9.17, 15) is 58.9 Å². The number of primary sulfonamides is 1. The predicted molar refractivity (Wildman–Crippen MR) is 288 cm³/mol. The summed E-state index contributed by atoms with van der Waals surface area (Å²) >= 11 is 0. The number of sulfonamides is 7. The molecule has 0 aromatic heterocycles. The molecule has 0 spiro atoms. The highest BCUT2D eigenvalue weighted by Crippen LogP contribution is 2.44. The molecule has 0 saturated carbocycles. The lowest BCUT2D eigenvalue weighted by Gasteiger charge is -2.38. The Morgan fingerprint density at radius 1 is 0.444 bits per heavy atom. The molecule has 0 fully saturated rings. The summed E-state index contributed by atoms with van der Waals surface area (Å²) in [4.78, 5) is -1.98. The molecule has 0 bridgehead atoms. The van der Waals surface area contributed by atoms with Crippen LogP contribution in [-0.4, -0.2) is 88.2 Å². The van der Waals surface area contributed by atoms with Gasteiger partial charge >= 0.3 is 0 Å². The number of anilines is 3. The van der Waals surface area contributed by atoms with Crippen molar-refractivity contribution < 1.29 is 58.9 Å². The van der Waals surface area contributed by atoms with Crippen molar-refractivity contribution in [3.8, 4) is 0 Å². The zero-order valence-electron chi connectivity index (χ0n) is 42.5. The maximum atomic E-state index is 14.6. The Kier molecular flexibility index (Phi) is 27.4. The fourth-order valence-corrected chi connectivity index (χ4v) is 15.4. The van der Waals surface area contributed by atoms with Crippen molar-refractivity contribution in [3.63, 3.8) is 0 Å². The fraction of sp³-hybridized carbons (Fsp3) is 0.727. The van der Waals surface area contributed by atoms with Gasteiger partial charge in [0.2, 0.25) is 70.2 Å². The number of hydrogen-bond acceptors (Lipinski definition) is 14. The van der Waals surface area contributed by atoms with Crippen molar-refractivity contribution in [1.82, 2.24) is 14.2 Å². The fourth-order valence-electron chi connectivity index (χ4n) is 7.72.